The van der Waals surface area contributed by atoms with Crippen LogP contribution >= 0.6 is 23.4 Å². The molecule has 1 unspecified atom stereocenters. The summed E-state index contributed by atoms with van der Waals surface area (Å²) in [5, 5.41) is 0. The molecule has 1 amide bonds. The Balaban J connectivity index is 4.09. The van der Waals surface area contributed by atoms with E-state index in [9.17, 15) is 4.79 Å². The van der Waals surface area contributed by atoms with Crippen LogP contribution in [0.4, 0.5) is 0 Å². The maximum absolute atomic E-state index is 10.6. The summed E-state index contributed by atoms with van der Waals surface area (Å²) in [7, 11) is 0. The summed E-state index contributed by atoms with van der Waals surface area (Å²) in [6, 6.07) is 0. The minimum Gasteiger partial charge on any atom is -0.368 e. The van der Waals surface area contributed by atoms with Crippen LogP contribution < -0.4 is 5.73 Å². The van der Waals surface area contributed by atoms with Crippen LogP contribution in [0.15, 0.2) is 0 Å². The van der Waals surface area contributed by atoms with Crippen molar-refractivity contribution in [2.24, 2.45) is 5.73 Å². The molecule has 4 heteroatoms. The second-order valence-corrected chi connectivity index (χ2v) is 3.51. The molecule has 0 fully saturated rings. The van der Waals surface area contributed by atoms with E-state index in [1.54, 1.807) is 6.92 Å². The molecule has 0 rings (SSSR count). The molecular formula is C5H10ClNOS. The van der Waals surface area contributed by atoms with Crippen LogP contribution in [0.3, 0.4) is 0 Å². The maximum atomic E-state index is 10.6. The number of halogens is 1. The molecule has 1 atom stereocenters. The number of rotatable bonds is 3. The largest absolute Gasteiger partial charge is 0.368 e. The lowest BCUT2D eigenvalue weighted by Crippen LogP contribution is -2.39. The fourth-order valence-electron chi connectivity index (χ4n) is 0.221. The summed E-state index contributed by atoms with van der Waals surface area (Å²) < 4.78 is -0.596. The second-order valence-electron chi connectivity index (χ2n) is 1.93. The molecule has 0 spiro atoms. The Labute approximate surface area is 64.1 Å². The normalized spacial score (nSPS) is 16.8. The quantitative estimate of drug-likeness (QED) is 0.633. The lowest BCUT2D eigenvalue weighted by atomic mass is 10.2. The number of carbonyl (C=O) groups excluding carboxylic acids is 1. The maximum Gasteiger partial charge on any atom is 0.234 e. The van der Waals surface area contributed by atoms with E-state index < -0.39 is 4.75 Å². The molecule has 54 valence electrons. The van der Waals surface area contributed by atoms with Gasteiger partial charge in [0, 0.05) is 5.88 Å². The van der Waals surface area contributed by atoms with E-state index >= 15 is 0 Å². The fraction of sp³-hybridized carbons (Fsp3) is 0.800. The topological polar surface area (TPSA) is 43.1 Å². The Bertz CT molecular complexity index is 114. The van der Waals surface area contributed by atoms with Crippen molar-refractivity contribution in [3.8, 4) is 0 Å². The van der Waals surface area contributed by atoms with Crippen LogP contribution in [0.5, 0.6) is 0 Å². The average Bonchev–Trinajstić information content (AvgIpc) is 1.86. The Hall–Kier alpha value is 0.110. The molecule has 0 heterocycles. The molecule has 0 aromatic carbocycles. The third kappa shape index (κ3) is 2.06. The smallest absolute Gasteiger partial charge is 0.234 e. The summed E-state index contributed by atoms with van der Waals surface area (Å²) in [6.07, 6.45) is 1.81. The predicted molar refractivity (Wildman–Crippen MR) is 41.8 cm³/mol. The number of primary amides is 1. The number of amides is 1. The van der Waals surface area contributed by atoms with Crippen molar-refractivity contribution >= 4 is 29.3 Å². The van der Waals surface area contributed by atoms with E-state index in [1.165, 1.54) is 11.8 Å². The van der Waals surface area contributed by atoms with Crippen LogP contribution in [0.2, 0.25) is 0 Å². The molecule has 0 bridgehead atoms. The number of thioether (sulfide) groups is 1. The highest BCUT2D eigenvalue weighted by Gasteiger charge is 2.28. The van der Waals surface area contributed by atoms with Crippen LogP contribution in [0, 0.1) is 0 Å². The van der Waals surface area contributed by atoms with Gasteiger partial charge in [-0.25, -0.2) is 0 Å². The van der Waals surface area contributed by atoms with Crippen molar-refractivity contribution in [2.75, 3.05) is 12.1 Å². The molecule has 2 nitrogen and oxygen atoms in total. The van der Waals surface area contributed by atoms with Crippen LogP contribution in [-0.4, -0.2) is 22.8 Å². The van der Waals surface area contributed by atoms with E-state index in [1.807, 2.05) is 6.26 Å². The highest BCUT2D eigenvalue weighted by molar-refractivity contribution is 8.00. The Morgan fingerprint density at radius 2 is 2.33 bits per heavy atom. The first-order valence-corrected chi connectivity index (χ1v) is 4.24. The minimum absolute atomic E-state index is 0.267. The summed E-state index contributed by atoms with van der Waals surface area (Å²) in [5.74, 6) is -0.0891. The van der Waals surface area contributed by atoms with Gasteiger partial charge in [-0.1, -0.05) is 0 Å². The van der Waals surface area contributed by atoms with Gasteiger partial charge in [-0.2, -0.15) is 0 Å². The fourth-order valence-corrected chi connectivity index (χ4v) is 0.990. The number of alkyl halides is 1. The molecule has 0 aliphatic heterocycles. The zero-order valence-corrected chi connectivity index (χ0v) is 7.05. The second kappa shape index (κ2) is 3.32. The van der Waals surface area contributed by atoms with Gasteiger partial charge < -0.3 is 5.73 Å². The van der Waals surface area contributed by atoms with Crippen LogP contribution in [0.1, 0.15) is 6.92 Å². The molecule has 0 saturated heterocycles. The van der Waals surface area contributed by atoms with Gasteiger partial charge in [0.15, 0.2) is 0 Å². The predicted octanol–water partition coefficient (Wildman–Crippen LogP) is 0.832. The molecule has 0 aromatic heterocycles. The van der Waals surface area contributed by atoms with Crippen molar-refractivity contribution in [3.05, 3.63) is 0 Å². The Kier molecular flexibility index (Phi) is 3.36. The summed E-state index contributed by atoms with van der Waals surface area (Å²) >= 11 is 6.86. The zero-order chi connectivity index (χ0) is 7.49. The van der Waals surface area contributed by atoms with Gasteiger partial charge in [0.1, 0.15) is 4.75 Å². The third-order valence-corrected chi connectivity index (χ3v) is 3.17. The molecular weight excluding hydrogens is 158 g/mol. The number of carbonyl (C=O) groups is 1. The SMILES string of the molecule is CSC(C)(CCl)C(N)=O. The van der Waals surface area contributed by atoms with Crippen molar-refractivity contribution in [1.29, 1.82) is 0 Å². The van der Waals surface area contributed by atoms with E-state index in [-0.39, 0.29) is 11.8 Å². The number of hydrogen-bond acceptors (Lipinski definition) is 2. The minimum atomic E-state index is -0.596. The lowest BCUT2D eigenvalue weighted by Gasteiger charge is -2.19. The molecule has 0 radical (unpaired) electrons. The Morgan fingerprint density at radius 3 is 2.33 bits per heavy atom. The van der Waals surface area contributed by atoms with E-state index in [0.717, 1.165) is 0 Å². The number of nitrogens with two attached hydrogens (primary N) is 1. The number of hydrogen-bond donors (Lipinski definition) is 1. The third-order valence-electron chi connectivity index (χ3n) is 1.23. The Morgan fingerprint density at radius 1 is 1.89 bits per heavy atom. The van der Waals surface area contributed by atoms with Gasteiger partial charge in [-0.15, -0.1) is 23.4 Å². The highest BCUT2D eigenvalue weighted by atomic mass is 35.5. The summed E-state index contributed by atoms with van der Waals surface area (Å²) in [6.45, 7) is 1.73. The van der Waals surface area contributed by atoms with Gasteiger partial charge in [-0.3, -0.25) is 4.79 Å². The van der Waals surface area contributed by atoms with Crippen molar-refractivity contribution in [1.82, 2.24) is 0 Å². The van der Waals surface area contributed by atoms with Crippen molar-refractivity contribution in [2.45, 2.75) is 11.7 Å². The van der Waals surface area contributed by atoms with Gasteiger partial charge >= 0.3 is 0 Å². The molecule has 0 saturated carbocycles. The van der Waals surface area contributed by atoms with Crippen molar-refractivity contribution in [3.63, 3.8) is 0 Å². The first kappa shape index (κ1) is 9.11. The molecule has 0 aliphatic carbocycles. The van der Waals surface area contributed by atoms with Gasteiger partial charge in [0.2, 0.25) is 5.91 Å². The van der Waals surface area contributed by atoms with E-state index in [0.29, 0.717) is 0 Å². The molecule has 0 aliphatic rings. The van der Waals surface area contributed by atoms with Crippen molar-refractivity contribution < 1.29 is 4.79 Å². The average molecular weight is 168 g/mol. The van der Waals surface area contributed by atoms with E-state index in [4.69, 9.17) is 17.3 Å². The molecule has 2 N–H and O–H groups in total. The lowest BCUT2D eigenvalue weighted by molar-refractivity contribution is -0.119. The summed E-state index contributed by atoms with van der Waals surface area (Å²) in [5.41, 5.74) is 5.05. The summed E-state index contributed by atoms with van der Waals surface area (Å²) in [4.78, 5) is 10.6. The highest BCUT2D eigenvalue weighted by Crippen LogP contribution is 2.22. The molecule has 9 heavy (non-hydrogen) atoms. The first-order chi connectivity index (χ1) is 4.06. The first-order valence-electron chi connectivity index (χ1n) is 2.48. The van der Waals surface area contributed by atoms with Gasteiger partial charge in [-0.05, 0) is 13.2 Å². The van der Waals surface area contributed by atoms with E-state index in [2.05, 4.69) is 0 Å². The van der Waals surface area contributed by atoms with Gasteiger partial charge in [0.05, 0.1) is 0 Å². The zero-order valence-electron chi connectivity index (χ0n) is 5.48. The van der Waals surface area contributed by atoms with Crippen LogP contribution in [-0.2, 0) is 4.79 Å². The standard InChI is InChI=1S/C5H10ClNOS/c1-5(3-6,9-2)4(7)8/h3H2,1-2H3,(H2,7,8). The van der Waals surface area contributed by atoms with Crippen LogP contribution in [0.25, 0.3) is 0 Å². The molecule has 0 aromatic rings. The monoisotopic (exact) mass is 167 g/mol. The van der Waals surface area contributed by atoms with Gasteiger partial charge in [0.25, 0.3) is 0 Å².